The van der Waals surface area contributed by atoms with Crippen molar-refractivity contribution in [3.05, 3.63) is 74.8 Å². The molecule has 0 fully saturated rings. The number of carbonyl (C=O) groups excluding carboxylic acids is 1. The van der Waals surface area contributed by atoms with Crippen LogP contribution in [0.4, 0.5) is 5.69 Å². The Morgan fingerprint density at radius 1 is 1.00 bits per heavy atom. The third kappa shape index (κ3) is 5.24. The molecule has 3 rings (SSSR count). The number of aromatic nitrogens is 1. The maximum atomic E-state index is 12.5. The van der Waals surface area contributed by atoms with E-state index in [-0.39, 0.29) is 5.91 Å². The first-order valence-electron chi connectivity index (χ1n) is 9.33. The first-order valence-corrected chi connectivity index (χ1v) is 11.2. The van der Waals surface area contributed by atoms with Crippen LogP contribution in [0.3, 0.4) is 0 Å². The Morgan fingerprint density at radius 2 is 1.71 bits per heavy atom. The maximum absolute atomic E-state index is 12.5. The molecule has 5 heteroatoms. The lowest BCUT2D eigenvalue weighted by atomic mass is 10.0. The molecule has 0 aliphatic rings. The van der Waals surface area contributed by atoms with Crippen molar-refractivity contribution < 1.29 is 4.79 Å². The Hall–Kier alpha value is -2.11. The fourth-order valence-electron chi connectivity index (χ4n) is 3.26. The molecule has 0 saturated heterocycles. The average Bonchev–Trinajstić information content (AvgIpc) is 3.06. The fourth-order valence-corrected chi connectivity index (χ4v) is 5.16. The summed E-state index contributed by atoms with van der Waals surface area (Å²) in [6.45, 7) is 10.4. The van der Waals surface area contributed by atoms with Crippen molar-refractivity contribution in [3.8, 4) is 0 Å². The zero-order valence-corrected chi connectivity index (χ0v) is 18.7. The van der Waals surface area contributed by atoms with Crippen LogP contribution in [-0.4, -0.2) is 10.9 Å². The number of anilines is 1. The van der Waals surface area contributed by atoms with Gasteiger partial charge in [-0.1, -0.05) is 53.2 Å². The summed E-state index contributed by atoms with van der Waals surface area (Å²) in [5, 5.41) is 5.04. The smallest absolute Gasteiger partial charge is 0.230 e. The number of nitrogens with zero attached hydrogens (tertiary/aromatic N) is 1. The van der Waals surface area contributed by atoms with E-state index in [1.807, 2.05) is 19.2 Å². The van der Waals surface area contributed by atoms with Crippen LogP contribution in [0, 0.1) is 34.6 Å². The lowest BCUT2D eigenvalue weighted by Crippen LogP contribution is -2.16. The van der Waals surface area contributed by atoms with Gasteiger partial charge >= 0.3 is 0 Å². The minimum absolute atomic E-state index is 0.0218. The van der Waals surface area contributed by atoms with Crippen LogP contribution in [0.2, 0.25) is 0 Å². The Kier molecular flexibility index (Phi) is 6.57. The van der Waals surface area contributed by atoms with Gasteiger partial charge in [0.15, 0.2) is 0 Å². The van der Waals surface area contributed by atoms with Crippen molar-refractivity contribution in [2.45, 2.75) is 51.1 Å². The molecule has 3 nitrogen and oxygen atoms in total. The second kappa shape index (κ2) is 8.93. The fraction of sp³-hybridized carbons (Fsp3) is 0.304. The number of carbonyl (C=O) groups is 1. The van der Waals surface area contributed by atoms with Gasteiger partial charge in [-0.25, -0.2) is 4.98 Å². The molecule has 0 saturated carbocycles. The highest BCUT2D eigenvalue weighted by molar-refractivity contribution is 8.00. The van der Waals surface area contributed by atoms with Gasteiger partial charge in [0.2, 0.25) is 5.91 Å². The predicted molar refractivity (Wildman–Crippen MR) is 121 cm³/mol. The van der Waals surface area contributed by atoms with E-state index in [0.29, 0.717) is 6.42 Å². The first-order chi connectivity index (χ1) is 13.3. The average molecular weight is 411 g/mol. The number of hydrogen-bond donors (Lipinski definition) is 1. The molecule has 0 bridgehead atoms. The lowest BCUT2D eigenvalue weighted by Gasteiger charge is -2.12. The van der Waals surface area contributed by atoms with Crippen LogP contribution in [0.25, 0.3) is 0 Å². The standard InChI is InChI=1S/C23H26N2OS2/c1-14-6-7-16(3)19(10-14)12-27-23-24-20(13-28-23)11-21(26)25-22-17(4)8-15(2)9-18(22)5/h6-10,13H,11-12H2,1-5H3,(H,25,26). The Morgan fingerprint density at radius 3 is 2.43 bits per heavy atom. The molecule has 1 N–H and O–H groups in total. The molecule has 0 atom stereocenters. The van der Waals surface area contributed by atoms with Gasteiger partial charge in [-0.15, -0.1) is 11.3 Å². The third-order valence-electron chi connectivity index (χ3n) is 4.67. The van der Waals surface area contributed by atoms with Crippen LogP contribution in [0.15, 0.2) is 40.1 Å². The monoisotopic (exact) mass is 410 g/mol. The summed E-state index contributed by atoms with van der Waals surface area (Å²) in [5.41, 5.74) is 9.05. The summed E-state index contributed by atoms with van der Waals surface area (Å²) in [6.07, 6.45) is 0.299. The molecule has 0 unspecified atom stereocenters. The third-order valence-corrected chi connectivity index (χ3v) is 6.79. The summed E-state index contributed by atoms with van der Waals surface area (Å²) in [7, 11) is 0. The van der Waals surface area contributed by atoms with Gasteiger partial charge < -0.3 is 5.32 Å². The van der Waals surface area contributed by atoms with E-state index in [9.17, 15) is 4.79 Å². The molecule has 0 aliphatic heterocycles. The van der Waals surface area contributed by atoms with E-state index in [2.05, 4.69) is 61.4 Å². The molecule has 1 aromatic heterocycles. The molecular formula is C23H26N2OS2. The topological polar surface area (TPSA) is 42.0 Å². The van der Waals surface area contributed by atoms with E-state index in [0.717, 1.165) is 32.6 Å². The van der Waals surface area contributed by atoms with Crippen LogP contribution in [0.1, 0.15) is 39.1 Å². The first kappa shape index (κ1) is 20.6. The van der Waals surface area contributed by atoms with Crippen molar-refractivity contribution in [3.63, 3.8) is 0 Å². The van der Waals surface area contributed by atoms with Gasteiger partial charge in [-0.3, -0.25) is 4.79 Å². The predicted octanol–water partition coefficient (Wildman–Crippen LogP) is 6.16. The van der Waals surface area contributed by atoms with Crippen LogP contribution >= 0.6 is 23.1 Å². The van der Waals surface area contributed by atoms with Crippen LogP contribution < -0.4 is 5.32 Å². The van der Waals surface area contributed by atoms with E-state index in [1.165, 1.54) is 22.3 Å². The number of thiazole rings is 1. The lowest BCUT2D eigenvalue weighted by molar-refractivity contribution is -0.115. The summed E-state index contributed by atoms with van der Waals surface area (Å²) in [5.74, 6) is 0.875. The molecule has 1 amide bonds. The second-order valence-electron chi connectivity index (χ2n) is 7.32. The van der Waals surface area contributed by atoms with Crippen molar-refractivity contribution in [2.75, 3.05) is 5.32 Å². The highest BCUT2D eigenvalue weighted by atomic mass is 32.2. The number of nitrogens with one attached hydrogen (secondary N) is 1. The molecule has 0 aliphatic carbocycles. The van der Waals surface area contributed by atoms with Crippen molar-refractivity contribution in [1.29, 1.82) is 0 Å². The Balaban J connectivity index is 1.60. The molecule has 1 heterocycles. The molecule has 146 valence electrons. The highest BCUT2D eigenvalue weighted by Gasteiger charge is 2.12. The van der Waals surface area contributed by atoms with E-state index < -0.39 is 0 Å². The van der Waals surface area contributed by atoms with Gasteiger partial charge in [-0.05, 0) is 56.9 Å². The molecular weight excluding hydrogens is 384 g/mol. The normalized spacial score (nSPS) is 10.9. The van der Waals surface area contributed by atoms with E-state index in [1.54, 1.807) is 23.1 Å². The number of benzene rings is 2. The number of amides is 1. The van der Waals surface area contributed by atoms with Crippen LogP contribution in [-0.2, 0) is 17.0 Å². The van der Waals surface area contributed by atoms with Gasteiger partial charge in [0.05, 0.1) is 12.1 Å². The van der Waals surface area contributed by atoms with Crippen molar-refractivity contribution in [2.24, 2.45) is 0 Å². The summed E-state index contributed by atoms with van der Waals surface area (Å²) >= 11 is 3.34. The second-order valence-corrected chi connectivity index (χ2v) is 9.40. The van der Waals surface area contributed by atoms with Gasteiger partial charge in [0.25, 0.3) is 0 Å². The zero-order valence-electron chi connectivity index (χ0n) is 17.1. The summed E-state index contributed by atoms with van der Waals surface area (Å²) in [4.78, 5) is 17.1. The maximum Gasteiger partial charge on any atom is 0.230 e. The number of hydrogen-bond acceptors (Lipinski definition) is 4. The molecule has 2 aromatic carbocycles. The molecule has 0 radical (unpaired) electrons. The number of rotatable bonds is 6. The largest absolute Gasteiger partial charge is 0.325 e. The summed E-state index contributed by atoms with van der Waals surface area (Å²) < 4.78 is 1.01. The zero-order chi connectivity index (χ0) is 20.3. The molecule has 28 heavy (non-hydrogen) atoms. The quantitative estimate of drug-likeness (QED) is 0.495. The number of thioether (sulfide) groups is 1. The van der Waals surface area contributed by atoms with E-state index in [4.69, 9.17) is 0 Å². The van der Waals surface area contributed by atoms with E-state index >= 15 is 0 Å². The molecule has 0 spiro atoms. The van der Waals surface area contributed by atoms with Gasteiger partial charge in [-0.2, -0.15) is 0 Å². The Labute approximate surface area is 175 Å². The highest BCUT2D eigenvalue weighted by Crippen LogP contribution is 2.28. The minimum atomic E-state index is -0.0218. The number of aryl methyl sites for hydroxylation is 5. The van der Waals surface area contributed by atoms with Crippen molar-refractivity contribution in [1.82, 2.24) is 4.98 Å². The summed E-state index contributed by atoms with van der Waals surface area (Å²) in [6, 6.07) is 10.7. The van der Waals surface area contributed by atoms with Crippen molar-refractivity contribution >= 4 is 34.7 Å². The Bertz CT molecular complexity index is 985. The van der Waals surface area contributed by atoms with Gasteiger partial charge in [0.1, 0.15) is 4.34 Å². The SMILES string of the molecule is Cc1cc(C)c(NC(=O)Cc2csc(SCc3cc(C)ccc3C)n2)c(C)c1. The van der Waals surface area contributed by atoms with Gasteiger partial charge in [0, 0.05) is 16.8 Å². The molecule has 3 aromatic rings. The van der Waals surface area contributed by atoms with Crippen LogP contribution in [0.5, 0.6) is 0 Å². The minimum Gasteiger partial charge on any atom is -0.325 e.